The lowest BCUT2D eigenvalue weighted by atomic mass is 9.94. The minimum Gasteiger partial charge on any atom is -0.397 e. The number of piperidine rings is 1. The molecule has 3 rings (SSSR count). The largest absolute Gasteiger partial charge is 0.397 e. The smallest absolute Gasteiger partial charge is 0.130 e. The molecule has 5 N–H and O–H groups in total. The van der Waals surface area contributed by atoms with Gasteiger partial charge < -0.3 is 21.0 Å². The number of nitrogens with two attached hydrogens (primary N) is 2. The molecule has 0 radical (unpaired) electrons. The third-order valence-corrected chi connectivity index (χ3v) is 5.21. The van der Waals surface area contributed by atoms with Gasteiger partial charge in [-0.15, -0.1) is 0 Å². The summed E-state index contributed by atoms with van der Waals surface area (Å²) < 4.78 is 0. The number of likely N-dealkylation sites (tertiary alicyclic amines) is 1. The number of hydrogen-bond donors (Lipinski definition) is 3. The highest BCUT2D eigenvalue weighted by Crippen LogP contribution is 2.26. The van der Waals surface area contributed by atoms with E-state index in [1.54, 1.807) is 13.2 Å². The molecule has 6 heteroatoms. The Kier molecular flexibility index (Phi) is 5.98. The van der Waals surface area contributed by atoms with Gasteiger partial charge in [0.2, 0.25) is 0 Å². The van der Waals surface area contributed by atoms with E-state index in [0.29, 0.717) is 11.6 Å². The van der Waals surface area contributed by atoms with E-state index in [4.69, 9.17) is 11.6 Å². The number of anilines is 1. The Morgan fingerprint density at radius 2 is 2.07 bits per heavy atom. The van der Waals surface area contributed by atoms with Crippen molar-refractivity contribution in [2.45, 2.75) is 19.8 Å². The van der Waals surface area contributed by atoms with E-state index in [1.165, 1.54) is 5.01 Å². The molecular weight excluding hydrogens is 336 g/mol. The number of nitrogens with one attached hydrogen (secondary N) is 1. The standard InChI is InChI=1S/C21H30N6/c1-4-27-9-7-16(8-10-27)15(2)25-21-12-19-11-17(20(22)14-26(3)23)5-6-18(19)13-24-21/h5-6,11-14,16H,2,4,7-10,22-23H2,1,3H3,(H,24,25)/b20-14-. The number of nitrogens with zero attached hydrogens (tertiary/aromatic N) is 3. The first-order valence-electron chi connectivity index (χ1n) is 9.49. The van der Waals surface area contributed by atoms with Crippen molar-refractivity contribution in [1.29, 1.82) is 0 Å². The summed E-state index contributed by atoms with van der Waals surface area (Å²) in [6.07, 6.45) is 5.87. The molecule has 0 bridgehead atoms. The first-order chi connectivity index (χ1) is 13.0. The molecule has 0 aliphatic carbocycles. The van der Waals surface area contributed by atoms with Gasteiger partial charge in [-0.1, -0.05) is 25.6 Å². The molecule has 1 aromatic heterocycles. The molecule has 1 saturated heterocycles. The van der Waals surface area contributed by atoms with E-state index in [1.807, 2.05) is 24.4 Å². The van der Waals surface area contributed by atoms with Crippen LogP contribution in [0.25, 0.3) is 16.5 Å². The fraction of sp³-hybridized carbons (Fsp3) is 0.381. The van der Waals surface area contributed by atoms with Crippen molar-refractivity contribution >= 4 is 22.3 Å². The van der Waals surface area contributed by atoms with Crippen molar-refractivity contribution in [2.75, 3.05) is 32.0 Å². The zero-order valence-electron chi connectivity index (χ0n) is 16.3. The van der Waals surface area contributed by atoms with Crippen molar-refractivity contribution in [1.82, 2.24) is 14.9 Å². The monoisotopic (exact) mass is 366 g/mol. The van der Waals surface area contributed by atoms with Crippen LogP contribution in [0.4, 0.5) is 5.82 Å². The van der Waals surface area contributed by atoms with Crippen LogP contribution in [-0.2, 0) is 0 Å². The first-order valence-corrected chi connectivity index (χ1v) is 9.49. The van der Waals surface area contributed by atoms with E-state index in [9.17, 15) is 0 Å². The molecule has 0 atom stereocenters. The highest BCUT2D eigenvalue weighted by molar-refractivity contribution is 5.87. The van der Waals surface area contributed by atoms with Crippen LogP contribution >= 0.6 is 0 Å². The van der Waals surface area contributed by atoms with Crippen molar-refractivity contribution in [3.63, 3.8) is 0 Å². The maximum atomic E-state index is 6.12. The predicted molar refractivity (Wildman–Crippen MR) is 113 cm³/mol. The molecule has 1 fully saturated rings. The predicted octanol–water partition coefficient (Wildman–Crippen LogP) is 2.95. The van der Waals surface area contributed by atoms with Crippen LogP contribution < -0.4 is 16.9 Å². The number of hydrazine groups is 1. The van der Waals surface area contributed by atoms with Crippen LogP contribution in [0, 0.1) is 5.92 Å². The van der Waals surface area contributed by atoms with Gasteiger partial charge in [0, 0.05) is 36.4 Å². The molecule has 1 aromatic carbocycles. The molecule has 0 saturated carbocycles. The number of rotatable bonds is 6. The molecule has 0 spiro atoms. The number of fused-ring (bicyclic) bond motifs is 1. The van der Waals surface area contributed by atoms with Crippen molar-refractivity contribution in [3.8, 4) is 0 Å². The van der Waals surface area contributed by atoms with Crippen molar-refractivity contribution in [3.05, 3.63) is 54.5 Å². The van der Waals surface area contributed by atoms with Gasteiger partial charge in [0.15, 0.2) is 0 Å². The molecule has 144 valence electrons. The topological polar surface area (TPSA) is 83.4 Å². The van der Waals surface area contributed by atoms with E-state index >= 15 is 0 Å². The highest BCUT2D eigenvalue weighted by atomic mass is 15.4. The van der Waals surface area contributed by atoms with Crippen LogP contribution in [0.2, 0.25) is 0 Å². The van der Waals surface area contributed by atoms with Gasteiger partial charge in [-0.05, 0) is 55.6 Å². The molecular formula is C21H30N6. The molecule has 2 aromatic rings. The molecule has 1 aliphatic heterocycles. The van der Waals surface area contributed by atoms with Crippen LogP contribution in [0.5, 0.6) is 0 Å². The third-order valence-electron chi connectivity index (χ3n) is 5.21. The number of hydrogen-bond acceptors (Lipinski definition) is 6. The van der Waals surface area contributed by atoms with Gasteiger partial charge in [0.1, 0.15) is 5.82 Å². The van der Waals surface area contributed by atoms with Gasteiger partial charge in [-0.25, -0.2) is 10.8 Å². The molecule has 0 unspecified atom stereocenters. The Bertz CT molecular complexity index is 834. The summed E-state index contributed by atoms with van der Waals surface area (Å²) in [6.45, 7) is 9.88. The Balaban J connectivity index is 1.74. The fourth-order valence-corrected chi connectivity index (χ4v) is 3.55. The second-order valence-corrected chi connectivity index (χ2v) is 7.24. The van der Waals surface area contributed by atoms with E-state index in [0.717, 1.165) is 60.3 Å². The van der Waals surface area contributed by atoms with Gasteiger partial charge in [-0.2, -0.15) is 0 Å². The zero-order chi connectivity index (χ0) is 19.4. The molecule has 0 amide bonds. The van der Waals surface area contributed by atoms with Crippen molar-refractivity contribution < 1.29 is 0 Å². The van der Waals surface area contributed by atoms with Gasteiger partial charge in [-0.3, -0.25) is 0 Å². The first kappa shape index (κ1) is 19.2. The van der Waals surface area contributed by atoms with Crippen LogP contribution in [0.3, 0.4) is 0 Å². The summed E-state index contributed by atoms with van der Waals surface area (Å²) in [5.74, 6) is 6.97. The van der Waals surface area contributed by atoms with Crippen molar-refractivity contribution in [2.24, 2.45) is 17.5 Å². The number of pyridine rings is 1. The average Bonchev–Trinajstić information content (AvgIpc) is 2.67. The third kappa shape index (κ3) is 4.78. The minimum atomic E-state index is 0.496. The van der Waals surface area contributed by atoms with Gasteiger partial charge in [0.05, 0.1) is 5.70 Å². The maximum Gasteiger partial charge on any atom is 0.130 e. The van der Waals surface area contributed by atoms with E-state index < -0.39 is 0 Å². The lowest BCUT2D eigenvalue weighted by molar-refractivity contribution is 0.208. The highest BCUT2D eigenvalue weighted by Gasteiger charge is 2.20. The van der Waals surface area contributed by atoms with Crippen LogP contribution in [0.15, 0.2) is 48.9 Å². The Morgan fingerprint density at radius 1 is 1.33 bits per heavy atom. The lowest BCUT2D eigenvalue weighted by Crippen LogP contribution is -2.34. The van der Waals surface area contributed by atoms with Gasteiger partial charge in [0.25, 0.3) is 0 Å². The van der Waals surface area contributed by atoms with E-state index in [-0.39, 0.29) is 0 Å². The number of aromatic nitrogens is 1. The Hall–Kier alpha value is -2.57. The summed E-state index contributed by atoms with van der Waals surface area (Å²) >= 11 is 0. The molecule has 27 heavy (non-hydrogen) atoms. The van der Waals surface area contributed by atoms with Crippen LogP contribution in [0.1, 0.15) is 25.3 Å². The minimum absolute atomic E-state index is 0.496. The summed E-state index contributed by atoms with van der Waals surface area (Å²) in [7, 11) is 1.75. The summed E-state index contributed by atoms with van der Waals surface area (Å²) in [5.41, 5.74) is 8.73. The Labute approximate surface area is 161 Å². The van der Waals surface area contributed by atoms with Crippen LogP contribution in [-0.4, -0.2) is 41.6 Å². The quantitative estimate of drug-likeness (QED) is 0.538. The lowest BCUT2D eigenvalue weighted by Gasteiger charge is -2.32. The second-order valence-electron chi connectivity index (χ2n) is 7.24. The number of allylic oxidation sites excluding steroid dienone is 1. The SMILES string of the molecule is C=C(Nc1cc2cc(/C(N)=C/N(C)N)ccc2cn1)C1CCN(CC)CC1. The zero-order valence-corrected chi connectivity index (χ0v) is 16.3. The van der Waals surface area contributed by atoms with E-state index in [2.05, 4.69) is 34.8 Å². The summed E-state index contributed by atoms with van der Waals surface area (Å²) in [4.78, 5) is 7.02. The van der Waals surface area contributed by atoms with Gasteiger partial charge >= 0.3 is 0 Å². The fourth-order valence-electron chi connectivity index (χ4n) is 3.55. The molecule has 2 heterocycles. The normalized spacial score (nSPS) is 16.5. The number of benzene rings is 1. The summed E-state index contributed by atoms with van der Waals surface area (Å²) in [6, 6.07) is 8.10. The summed E-state index contributed by atoms with van der Waals surface area (Å²) in [5, 5.41) is 7.02. The average molecular weight is 367 g/mol. The Morgan fingerprint density at radius 3 is 2.74 bits per heavy atom. The molecule has 6 nitrogen and oxygen atoms in total. The maximum absolute atomic E-state index is 6.12. The second kappa shape index (κ2) is 8.41. The molecule has 1 aliphatic rings.